The van der Waals surface area contributed by atoms with Crippen molar-refractivity contribution in [3.8, 4) is 0 Å². The number of anilines is 2. The summed E-state index contributed by atoms with van der Waals surface area (Å²) in [6, 6.07) is 8.43. The maximum absolute atomic E-state index is 13.6. The number of rotatable bonds is 2. The molecule has 0 aliphatic rings. The molecule has 0 saturated carbocycles. The van der Waals surface area contributed by atoms with Crippen molar-refractivity contribution in [2.45, 2.75) is 0 Å². The quantitative estimate of drug-likeness (QED) is 0.824. The molecule has 0 spiro atoms. The number of halogens is 3. The molecule has 6 heteroatoms. The molecule has 0 atom stereocenters. The first-order valence-corrected chi connectivity index (χ1v) is 6.04. The van der Waals surface area contributed by atoms with E-state index < -0.39 is 11.7 Å². The van der Waals surface area contributed by atoms with Crippen LogP contribution in [-0.2, 0) is 0 Å². The summed E-state index contributed by atoms with van der Waals surface area (Å²) in [6.07, 6.45) is 0. The Morgan fingerprint density at radius 3 is 2.37 bits per heavy atom. The van der Waals surface area contributed by atoms with Gasteiger partial charge in [0, 0.05) is 10.0 Å². The standard InChI is InChI=1S/C13H9Cl2FN2O/c14-7-1-3-9(10(16)5-7)13(19)18-12-4-2-8(15)6-11(12)17/h1-6H,17H2,(H,18,19). The molecule has 0 unspecified atom stereocenters. The van der Waals surface area contributed by atoms with E-state index in [0.717, 1.165) is 6.07 Å². The van der Waals surface area contributed by atoms with E-state index in [4.69, 9.17) is 28.9 Å². The first-order valence-electron chi connectivity index (χ1n) is 5.29. The number of amides is 1. The Labute approximate surface area is 119 Å². The molecule has 0 saturated heterocycles. The maximum Gasteiger partial charge on any atom is 0.258 e. The number of hydrogen-bond acceptors (Lipinski definition) is 2. The highest BCUT2D eigenvalue weighted by Gasteiger charge is 2.13. The van der Waals surface area contributed by atoms with Gasteiger partial charge in [-0.2, -0.15) is 0 Å². The summed E-state index contributed by atoms with van der Waals surface area (Å²) >= 11 is 11.4. The van der Waals surface area contributed by atoms with Crippen molar-refractivity contribution in [1.82, 2.24) is 0 Å². The number of nitrogens with one attached hydrogen (secondary N) is 1. The SMILES string of the molecule is Nc1cc(Cl)ccc1NC(=O)c1ccc(Cl)cc1F. The van der Waals surface area contributed by atoms with Gasteiger partial charge in [0.05, 0.1) is 16.9 Å². The smallest absolute Gasteiger partial charge is 0.258 e. The topological polar surface area (TPSA) is 55.1 Å². The Kier molecular flexibility index (Phi) is 3.93. The fourth-order valence-electron chi connectivity index (χ4n) is 1.51. The van der Waals surface area contributed by atoms with Crippen molar-refractivity contribution in [3.63, 3.8) is 0 Å². The zero-order valence-electron chi connectivity index (χ0n) is 9.58. The van der Waals surface area contributed by atoms with Crippen molar-refractivity contribution in [3.05, 3.63) is 57.8 Å². The van der Waals surface area contributed by atoms with Gasteiger partial charge < -0.3 is 11.1 Å². The average molecular weight is 299 g/mol. The van der Waals surface area contributed by atoms with Crippen LogP contribution in [-0.4, -0.2) is 5.91 Å². The Morgan fingerprint density at radius 2 is 1.74 bits per heavy atom. The van der Waals surface area contributed by atoms with Crippen LogP contribution in [0, 0.1) is 5.82 Å². The van der Waals surface area contributed by atoms with Crippen LogP contribution in [0.3, 0.4) is 0 Å². The molecular weight excluding hydrogens is 290 g/mol. The van der Waals surface area contributed by atoms with Gasteiger partial charge in [-0.25, -0.2) is 4.39 Å². The van der Waals surface area contributed by atoms with Crippen molar-refractivity contribution in [1.29, 1.82) is 0 Å². The largest absolute Gasteiger partial charge is 0.397 e. The van der Waals surface area contributed by atoms with E-state index in [1.165, 1.54) is 18.2 Å². The van der Waals surface area contributed by atoms with E-state index in [9.17, 15) is 9.18 Å². The molecule has 19 heavy (non-hydrogen) atoms. The third-order valence-corrected chi connectivity index (χ3v) is 2.91. The molecule has 2 aromatic rings. The van der Waals surface area contributed by atoms with Crippen LogP contribution < -0.4 is 11.1 Å². The highest BCUT2D eigenvalue weighted by molar-refractivity contribution is 6.31. The lowest BCUT2D eigenvalue weighted by Gasteiger charge is -2.09. The summed E-state index contributed by atoms with van der Waals surface area (Å²) < 4.78 is 13.6. The molecule has 0 aliphatic heterocycles. The monoisotopic (exact) mass is 298 g/mol. The summed E-state index contributed by atoms with van der Waals surface area (Å²) in [5.41, 5.74) is 6.25. The molecule has 0 radical (unpaired) electrons. The third-order valence-electron chi connectivity index (χ3n) is 2.44. The van der Waals surface area contributed by atoms with Crippen LogP contribution in [0.25, 0.3) is 0 Å². The van der Waals surface area contributed by atoms with Gasteiger partial charge in [0.1, 0.15) is 5.82 Å². The molecule has 2 aromatic carbocycles. The number of benzene rings is 2. The second kappa shape index (κ2) is 5.47. The van der Waals surface area contributed by atoms with Crippen LogP contribution >= 0.6 is 23.2 Å². The Bertz CT molecular complexity index is 647. The summed E-state index contributed by atoms with van der Waals surface area (Å²) in [5, 5.41) is 3.18. The van der Waals surface area contributed by atoms with E-state index in [1.54, 1.807) is 12.1 Å². The molecule has 0 heterocycles. The number of nitrogen functional groups attached to an aromatic ring is 1. The average Bonchev–Trinajstić information content (AvgIpc) is 2.32. The molecule has 2 rings (SSSR count). The van der Waals surface area contributed by atoms with Gasteiger partial charge in [-0.1, -0.05) is 23.2 Å². The summed E-state index contributed by atoms with van der Waals surface area (Å²) in [6.45, 7) is 0. The number of hydrogen-bond donors (Lipinski definition) is 2. The Balaban J connectivity index is 2.25. The van der Waals surface area contributed by atoms with Gasteiger partial charge in [0.15, 0.2) is 0 Å². The number of carbonyl (C=O) groups excluding carboxylic acids is 1. The molecule has 3 N–H and O–H groups in total. The number of nitrogens with two attached hydrogens (primary N) is 1. The molecule has 0 fully saturated rings. The van der Waals surface area contributed by atoms with Gasteiger partial charge >= 0.3 is 0 Å². The van der Waals surface area contributed by atoms with Crippen molar-refractivity contribution in [2.24, 2.45) is 0 Å². The Morgan fingerprint density at radius 1 is 1.11 bits per heavy atom. The number of carbonyl (C=O) groups is 1. The molecule has 0 aliphatic carbocycles. The molecule has 3 nitrogen and oxygen atoms in total. The first kappa shape index (κ1) is 13.6. The molecule has 98 valence electrons. The van der Waals surface area contributed by atoms with Gasteiger partial charge in [-0.15, -0.1) is 0 Å². The lowest BCUT2D eigenvalue weighted by Crippen LogP contribution is -2.14. The molecule has 0 aromatic heterocycles. The second-order valence-corrected chi connectivity index (χ2v) is 4.68. The van der Waals surface area contributed by atoms with Crippen LogP contribution in [0.4, 0.5) is 15.8 Å². The lowest BCUT2D eigenvalue weighted by atomic mass is 10.2. The minimum atomic E-state index is -0.697. The summed E-state index contributed by atoms with van der Waals surface area (Å²) in [7, 11) is 0. The first-order chi connectivity index (χ1) is 8.97. The van der Waals surface area contributed by atoms with E-state index >= 15 is 0 Å². The molecular formula is C13H9Cl2FN2O. The van der Waals surface area contributed by atoms with Crippen molar-refractivity contribution in [2.75, 3.05) is 11.1 Å². The van der Waals surface area contributed by atoms with E-state index in [-0.39, 0.29) is 10.6 Å². The van der Waals surface area contributed by atoms with Gasteiger partial charge in [0.25, 0.3) is 5.91 Å². The van der Waals surface area contributed by atoms with Crippen LogP contribution in [0.15, 0.2) is 36.4 Å². The van der Waals surface area contributed by atoms with E-state index in [2.05, 4.69) is 5.32 Å². The van der Waals surface area contributed by atoms with Crippen LogP contribution in [0.1, 0.15) is 10.4 Å². The fourth-order valence-corrected chi connectivity index (χ4v) is 1.85. The predicted molar refractivity (Wildman–Crippen MR) is 75.2 cm³/mol. The van der Waals surface area contributed by atoms with E-state index in [0.29, 0.717) is 16.4 Å². The van der Waals surface area contributed by atoms with Gasteiger partial charge in [-0.05, 0) is 36.4 Å². The molecule has 1 amide bonds. The second-order valence-electron chi connectivity index (χ2n) is 3.81. The van der Waals surface area contributed by atoms with Gasteiger partial charge in [-0.3, -0.25) is 4.79 Å². The highest BCUT2D eigenvalue weighted by atomic mass is 35.5. The lowest BCUT2D eigenvalue weighted by molar-refractivity contribution is 0.102. The zero-order valence-corrected chi connectivity index (χ0v) is 11.1. The van der Waals surface area contributed by atoms with Crippen molar-refractivity contribution >= 4 is 40.5 Å². The van der Waals surface area contributed by atoms with Crippen molar-refractivity contribution < 1.29 is 9.18 Å². The zero-order chi connectivity index (χ0) is 14.0. The van der Waals surface area contributed by atoms with E-state index in [1.807, 2.05) is 0 Å². The Hall–Kier alpha value is -1.78. The minimum Gasteiger partial charge on any atom is -0.397 e. The summed E-state index contributed by atoms with van der Waals surface area (Å²) in [5.74, 6) is -1.30. The normalized spacial score (nSPS) is 10.3. The van der Waals surface area contributed by atoms with Gasteiger partial charge in [0.2, 0.25) is 0 Å². The highest BCUT2D eigenvalue weighted by Crippen LogP contribution is 2.24. The summed E-state index contributed by atoms with van der Waals surface area (Å²) in [4.78, 5) is 11.9. The van der Waals surface area contributed by atoms with Crippen LogP contribution in [0.5, 0.6) is 0 Å². The fraction of sp³-hybridized carbons (Fsp3) is 0. The predicted octanol–water partition coefficient (Wildman–Crippen LogP) is 3.97. The molecule has 0 bridgehead atoms. The van der Waals surface area contributed by atoms with Crippen LogP contribution in [0.2, 0.25) is 10.0 Å². The minimum absolute atomic E-state index is 0.112. The third kappa shape index (κ3) is 3.16. The maximum atomic E-state index is 13.6.